The minimum absolute atomic E-state index is 0.0582. The van der Waals surface area contributed by atoms with E-state index in [0.717, 1.165) is 16.7 Å². The van der Waals surface area contributed by atoms with Crippen LogP contribution in [0.4, 0.5) is 0 Å². The molecule has 6 heteroatoms. The number of rotatable bonds is 4. The SMILES string of the molecule is [2H]C([2H])([2H])c1ccc(-c2nc3ccccc3n2-c2c(C(C)C)cc(C(C)(C)C)cc2C(C)C)c2oc3c(C#N)c4nc(C(C)(C)C)oc4cc3c12. The summed E-state index contributed by atoms with van der Waals surface area (Å²) < 4.78 is 40.8. The van der Waals surface area contributed by atoms with E-state index in [4.69, 9.17) is 22.9 Å². The third kappa shape index (κ3) is 4.82. The van der Waals surface area contributed by atoms with Crippen LogP contribution in [0.15, 0.2) is 63.4 Å². The second-order valence-corrected chi connectivity index (χ2v) is 15.6. The first-order valence-corrected chi connectivity index (χ1v) is 16.7. The van der Waals surface area contributed by atoms with Crippen molar-refractivity contribution in [2.24, 2.45) is 0 Å². The van der Waals surface area contributed by atoms with Crippen molar-refractivity contribution >= 4 is 44.1 Å². The first-order chi connectivity index (χ1) is 23.8. The zero-order valence-electron chi connectivity index (χ0n) is 32.5. The van der Waals surface area contributed by atoms with Gasteiger partial charge in [-0.15, -0.1) is 0 Å². The van der Waals surface area contributed by atoms with Gasteiger partial charge in [0, 0.05) is 20.3 Å². The van der Waals surface area contributed by atoms with Crippen molar-refractivity contribution < 1.29 is 12.9 Å². The Morgan fingerprint density at radius 1 is 0.833 bits per heavy atom. The number of imidazole rings is 1. The molecule has 0 radical (unpaired) electrons. The summed E-state index contributed by atoms with van der Waals surface area (Å²) in [5.74, 6) is 1.49. The fourth-order valence-electron chi connectivity index (χ4n) is 6.68. The van der Waals surface area contributed by atoms with Crippen molar-refractivity contribution in [2.75, 3.05) is 0 Å². The summed E-state index contributed by atoms with van der Waals surface area (Å²) in [5, 5.41) is 11.4. The van der Waals surface area contributed by atoms with Crippen molar-refractivity contribution in [1.82, 2.24) is 14.5 Å². The summed E-state index contributed by atoms with van der Waals surface area (Å²) in [7, 11) is 0. The van der Waals surface area contributed by atoms with Gasteiger partial charge in [0.05, 0.1) is 22.3 Å². The molecule has 0 aliphatic rings. The number of fused-ring (bicyclic) bond motifs is 5. The highest BCUT2D eigenvalue weighted by Gasteiger charge is 2.29. The zero-order chi connectivity index (χ0) is 36.9. The van der Waals surface area contributed by atoms with Crippen molar-refractivity contribution in [1.29, 1.82) is 5.26 Å². The van der Waals surface area contributed by atoms with Gasteiger partial charge in [-0.2, -0.15) is 5.26 Å². The van der Waals surface area contributed by atoms with E-state index >= 15 is 0 Å². The second-order valence-electron chi connectivity index (χ2n) is 15.6. The molecule has 0 amide bonds. The summed E-state index contributed by atoms with van der Waals surface area (Å²) in [6, 6.07) is 20.2. The van der Waals surface area contributed by atoms with Gasteiger partial charge in [0.2, 0.25) is 5.89 Å². The molecule has 0 atom stereocenters. The first-order valence-electron chi connectivity index (χ1n) is 18.2. The van der Waals surface area contributed by atoms with Crippen LogP contribution in [-0.2, 0) is 10.8 Å². The van der Waals surface area contributed by atoms with Gasteiger partial charge in [-0.05, 0) is 70.6 Å². The largest absolute Gasteiger partial charge is 0.454 e. The molecule has 6 nitrogen and oxygen atoms in total. The molecule has 244 valence electrons. The van der Waals surface area contributed by atoms with Crippen LogP contribution in [0.3, 0.4) is 0 Å². The van der Waals surface area contributed by atoms with E-state index in [-0.39, 0.29) is 34.0 Å². The Morgan fingerprint density at radius 3 is 2.12 bits per heavy atom. The monoisotopic (exact) mass is 639 g/mol. The minimum Gasteiger partial charge on any atom is -0.454 e. The predicted octanol–water partition coefficient (Wildman–Crippen LogP) is 11.8. The number of furan rings is 1. The van der Waals surface area contributed by atoms with Gasteiger partial charge in [-0.25, -0.2) is 9.97 Å². The Bertz CT molecular complexity index is 2530. The number of para-hydroxylation sites is 2. The molecule has 0 spiro atoms. The molecule has 7 aromatic rings. The van der Waals surface area contributed by atoms with Gasteiger partial charge in [-0.3, -0.25) is 4.57 Å². The average molecular weight is 640 g/mol. The Labute approximate surface area is 286 Å². The molecule has 3 aromatic heterocycles. The maximum Gasteiger partial charge on any atom is 0.200 e. The Morgan fingerprint density at radius 2 is 1.52 bits per heavy atom. The van der Waals surface area contributed by atoms with Gasteiger partial charge < -0.3 is 8.83 Å². The van der Waals surface area contributed by atoms with Gasteiger partial charge in [0.1, 0.15) is 28.6 Å². The van der Waals surface area contributed by atoms with Crippen LogP contribution in [-0.4, -0.2) is 14.5 Å². The van der Waals surface area contributed by atoms with Gasteiger partial charge >= 0.3 is 0 Å². The van der Waals surface area contributed by atoms with E-state index in [1.807, 2.05) is 39.0 Å². The van der Waals surface area contributed by atoms with E-state index in [9.17, 15) is 5.26 Å². The third-order valence-electron chi connectivity index (χ3n) is 9.33. The fraction of sp³-hybridized carbons (Fsp3) is 0.357. The number of aromatic nitrogens is 3. The first kappa shape index (κ1) is 28.2. The zero-order valence-corrected chi connectivity index (χ0v) is 29.5. The highest BCUT2D eigenvalue weighted by molar-refractivity contribution is 6.15. The Balaban J connectivity index is 1.65. The summed E-state index contributed by atoms with van der Waals surface area (Å²) in [6.07, 6.45) is 0. The summed E-state index contributed by atoms with van der Waals surface area (Å²) in [5.41, 5.74) is 8.36. The highest BCUT2D eigenvalue weighted by atomic mass is 16.4. The van der Waals surface area contributed by atoms with Crippen LogP contribution in [0.25, 0.3) is 61.1 Å². The molecular formula is C42H44N4O2. The van der Waals surface area contributed by atoms with Crippen LogP contribution < -0.4 is 0 Å². The summed E-state index contributed by atoms with van der Waals surface area (Å²) in [4.78, 5) is 9.95. The van der Waals surface area contributed by atoms with Crippen molar-refractivity contribution in [3.8, 4) is 23.1 Å². The van der Waals surface area contributed by atoms with E-state index in [2.05, 4.69) is 77.3 Å². The molecule has 3 heterocycles. The lowest BCUT2D eigenvalue weighted by atomic mass is 9.81. The Kier molecular flexibility index (Phi) is 6.34. The van der Waals surface area contributed by atoms with E-state index in [1.54, 1.807) is 18.2 Å². The maximum atomic E-state index is 10.5. The van der Waals surface area contributed by atoms with Gasteiger partial charge in [-0.1, -0.05) is 99.6 Å². The minimum atomic E-state index is -2.47. The average Bonchev–Trinajstić information content (AvgIpc) is 3.75. The topological polar surface area (TPSA) is 80.8 Å². The molecule has 0 bridgehead atoms. The molecule has 0 aliphatic heterocycles. The molecule has 0 unspecified atom stereocenters. The van der Waals surface area contributed by atoms with Crippen LogP contribution in [0.5, 0.6) is 0 Å². The van der Waals surface area contributed by atoms with Crippen LogP contribution in [0, 0.1) is 18.2 Å². The molecule has 7 rings (SSSR count). The molecular weight excluding hydrogens is 592 g/mol. The third-order valence-corrected chi connectivity index (χ3v) is 9.33. The molecule has 0 fully saturated rings. The van der Waals surface area contributed by atoms with E-state index in [0.29, 0.717) is 44.7 Å². The Hall–Kier alpha value is -4.89. The number of benzene rings is 4. The normalized spacial score (nSPS) is 14.0. The molecule has 0 aliphatic carbocycles. The molecule has 48 heavy (non-hydrogen) atoms. The van der Waals surface area contributed by atoms with Gasteiger partial charge in [0.25, 0.3) is 0 Å². The second kappa shape index (κ2) is 10.8. The molecule has 0 saturated heterocycles. The number of oxazole rings is 1. The molecule has 0 saturated carbocycles. The number of hydrogen-bond acceptors (Lipinski definition) is 5. The number of aryl methyl sites for hydroxylation is 1. The predicted molar refractivity (Wildman–Crippen MR) is 196 cm³/mol. The lowest BCUT2D eigenvalue weighted by Crippen LogP contribution is -2.16. The van der Waals surface area contributed by atoms with Crippen LogP contribution in [0.1, 0.15) is 119 Å². The quantitative estimate of drug-likeness (QED) is 0.191. The van der Waals surface area contributed by atoms with Gasteiger partial charge in [0.15, 0.2) is 11.2 Å². The van der Waals surface area contributed by atoms with Crippen LogP contribution >= 0.6 is 0 Å². The summed E-state index contributed by atoms with van der Waals surface area (Å²) >= 11 is 0. The fourth-order valence-corrected chi connectivity index (χ4v) is 6.68. The van der Waals surface area contributed by atoms with Crippen molar-refractivity contribution in [3.05, 3.63) is 88.3 Å². The van der Waals surface area contributed by atoms with E-state index < -0.39 is 12.3 Å². The molecule has 0 N–H and O–H groups in total. The standard InChI is InChI=1S/C42H44N4O2/c1-22(2)27-18-25(41(6,7)8)19-28(23(3)4)36(27)46-32-15-13-12-14-31(32)44-39(46)26-17-16-24(5)34-29-20-33-35(45-40(47-33)42(9,10)11)30(21-43)37(29)48-38(26)34/h12-20,22-23H,1-11H3/i5D3. The highest BCUT2D eigenvalue weighted by Crippen LogP contribution is 2.45. The number of nitrogens with zero attached hydrogens (tertiary/aromatic N) is 4. The van der Waals surface area contributed by atoms with Crippen molar-refractivity contribution in [3.63, 3.8) is 0 Å². The van der Waals surface area contributed by atoms with Crippen LogP contribution in [0.2, 0.25) is 0 Å². The number of nitriles is 1. The smallest absolute Gasteiger partial charge is 0.200 e. The summed E-state index contributed by atoms with van der Waals surface area (Å²) in [6.45, 7) is 19.1. The lowest BCUT2D eigenvalue weighted by molar-refractivity contribution is 0.411. The maximum absolute atomic E-state index is 10.5. The number of hydrogen-bond donors (Lipinski definition) is 0. The van der Waals surface area contributed by atoms with Crippen molar-refractivity contribution in [2.45, 2.75) is 98.8 Å². The van der Waals surface area contributed by atoms with E-state index in [1.165, 1.54) is 16.7 Å². The molecule has 4 aromatic carbocycles. The lowest BCUT2D eigenvalue weighted by Gasteiger charge is -2.28.